The summed E-state index contributed by atoms with van der Waals surface area (Å²) in [6.45, 7) is 12.7. The van der Waals surface area contributed by atoms with E-state index in [1.165, 1.54) is 0 Å². The van der Waals surface area contributed by atoms with E-state index in [0.29, 0.717) is 44.0 Å². The van der Waals surface area contributed by atoms with Crippen LogP contribution in [-0.2, 0) is 9.53 Å². The number of urea groups is 2. The van der Waals surface area contributed by atoms with E-state index in [4.69, 9.17) is 4.74 Å². The summed E-state index contributed by atoms with van der Waals surface area (Å²) < 4.78 is 5.42. The molecule has 1 fully saturated rings. The summed E-state index contributed by atoms with van der Waals surface area (Å²) in [7, 11) is 0. The van der Waals surface area contributed by atoms with Crippen molar-refractivity contribution in [2.24, 2.45) is 0 Å². The number of carbonyl (C=O) groups is 3. The molecule has 0 bridgehead atoms. The number of nitrogens with one attached hydrogen (secondary N) is 2. The molecule has 34 heavy (non-hydrogen) atoms. The number of carbonyl (C=O) groups excluding carboxylic acids is 3. The Balaban J connectivity index is 1.91. The molecule has 0 saturated carbocycles. The Morgan fingerprint density at radius 1 is 1.21 bits per heavy atom. The van der Waals surface area contributed by atoms with Crippen LogP contribution in [0.2, 0.25) is 0 Å². The smallest absolute Gasteiger partial charge is 0.338 e. The van der Waals surface area contributed by atoms with Gasteiger partial charge in [0.15, 0.2) is 0 Å². The lowest BCUT2D eigenvalue weighted by Gasteiger charge is -2.40. The van der Waals surface area contributed by atoms with Crippen LogP contribution in [0.4, 0.5) is 9.59 Å². The molecule has 1 aromatic rings. The van der Waals surface area contributed by atoms with Crippen LogP contribution < -0.4 is 10.6 Å². The first-order chi connectivity index (χ1) is 16.3. The van der Waals surface area contributed by atoms with E-state index < -0.39 is 12.0 Å². The zero-order valence-corrected chi connectivity index (χ0v) is 20.3. The zero-order valence-electron chi connectivity index (χ0n) is 20.3. The highest BCUT2D eigenvalue weighted by molar-refractivity contribution is 5.95. The van der Waals surface area contributed by atoms with E-state index in [0.717, 1.165) is 5.56 Å². The monoisotopic (exact) mass is 469 g/mol. The molecule has 1 saturated heterocycles. The Labute approximate surface area is 201 Å². The van der Waals surface area contributed by atoms with Crippen LogP contribution in [0.3, 0.4) is 0 Å². The van der Waals surface area contributed by atoms with Gasteiger partial charge in [-0.05, 0) is 26.3 Å². The van der Waals surface area contributed by atoms with Gasteiger partial charge in [-0.15, -0.1) is 6.58 Å². The largest absolute Gasteiger partial charge is 0.463 e. The van der Waals surface area contributed by atoms with Crippen molar-refractivity contribution in [2.45, 2.75) is 32.9 Å². The molecular weight excluding hydrogens is 434 g/mol. The summed E-state index contributed by atoms with van der Waals surface area (Å²) in [5.41, 5.74) is 1.84. The molecule has 0 radical (unpaired) electrons. The topological polar surface area (TPSA) is 94.2 Å². The second kappa shape index (κ2) is 11.7. The number of benzene rings is 1. The Morgan fingerprint density at radius 2 is 1.88 bits per heavy atom. The highest BCUT2D eigenvalue weighted by Gasteiger charge is 2.38. The van der Waals surface area contributed by atoms with E-state index in [1.807, 2.05) is 44.2 Å². The minimum atomic E-state index is -0.609. The lowest BCUT2D eigenvalue weighted by atomic mass is 9.94. The maximum atomic E-state index is 13.2. The van der Waals surface area contributed by atoms with Crippen molar-refractivity contribution in [2.75, 3.05) is 45.9 Å². The molecule has 4 amide bonds. The van der Waals surface area contributed by atoms with Gasteiger partial charge in [0.25, 0.3) is 0 Å². The minimum Gasteiger partial charge on any atom is -0.463 e. The van der Waals surface area contributed by atoms with Crippen molar-refractivity contribution in [3.8, 4) is 0 Å². The number of amides is 4. The fraction of sp³-hybridized carbons (Fsp3) is 0.480. The van der Waals surface area contributed by atoms with Crippen LogP contribution in [-0.4, -0.2) is 84.6 Å². The summed E-state index contributed by atoms with van der Waals surface area (Å²) in [5, 5.41) is 5.89. The predicted molar refractivity (Wildman–Crippen MR) is 130 cm³/mol. The van der Waals surface area contributed by atoms with E-state index in [-0.39, 0.29) is 31.3 Å². The van der Waals surface area contributed by atoms with Gasteiger partial charge in [0.1, 0.15) is 0 Å². The van der Waals surface area contributed by atoms with E-state index in [9.17, 15) is 14.4 Å². The maximum Gasteiger partial charge on any atom is 0.338 e. The molecule has 3 rings (SSSR count). The van der Waals surface area contributed by atoms with Crippen molar-refractivity contribution in [1.82, 2.24) is 25.3 Å². The van der Waals surface area contributed by atoms with Crippen LogP contribution >= 0.6 is 0 Å². The molecular formula is C25H35N5O4. The highest BCUT2D eigenvalue weighted by atomic mass is 16.5. The van der Waals surface area contributed by atoms with Crippen LogP contribution in [0.5, 0.6) is 0 Å². The Kier molecular flexibility index (Phi) is 8.70. The predicted octanol–water partition coefficient (Wildman–Crippen LogP) is 2.49. The zero-order chi connectivity index (χ0) is 24.7. The molecule has 9 nitrogen and oxygen atoms in total. The van der Waals surface area contributed by atoms with Gasteiger partial charge in [-0.2, -0.15) is 0 Å². The molecule has 2 aliphatic rings. The highest BCUT2D eigenvalue weighted by Crippen LogP contribution is 2.32. The van der Waals surface area contributed by atoms with Crippen LogP contribution in [0.25, 0.3) is 0 Å². The van der Waals surface area contributed by atoms with Gasteiger partial charge in [-0.3, -0.25) is 9.80 Å². The molecule has 0 aromatic heterocycles. The van der Waals surface area contributed by atoms with Gasteiger partial charge < -0.3 is 20.3 Å². The fourth-order valence-electron chi connectivity index (χ4n) is 4.20. The Hall–Kier alpha value is -3.33. The summed E-state index contributed by atoms with van der Waals surface area (Å²) in [4.78, 5) is 44.1. The minimum absolute atomic E-state index is 0.0736. The Bertz CT molecular complexity index is 922. The van der Waals surface area contributed by atoms with Gasteiger partial charge in [0, 0.05) is 51.0 Å². The van der Waals surface area contributed by atoms with Gasteiger partial charge in [0.05, 0.1) is 18.2 Å². The summed E-state index contributed by atoms with van der Waals surface area (Å²) in [5.74, 6) is -0.449. The summed E-state index contributed by atoms with van der Waals surface area (Å²) >= 11 is 0. The standard InChI is InChI=1S/C25H35N5O4/c1-5-12-30-20(17-28-13-15-29(16-14-28)24(32)26-18(3)4)21(23(31)34-6-2)22(27-25(30)33)19-10-8-7-9-11-19/h5,7-11,18,22H,1,6,12-17H2,2-4H3,(H,26,32)(H,27,33). The Morgan fingerprint density at radius 3 is 2.47 bits per heavy atom. The molecule has 1 atom stereocenters. The van der Waals surface area contributed by atoms with Crippen molar-refractivity contribution in [3.63, 3.8) is 0 Å². The second-order valence-electron chi connectivity index (χ2n) is 8.64. The molecule has 2 N–H and O–H groups in total. The van der Waals surface area contributed by atoms with E-state index in [1.54, 1.807) is 22.8 Å². The molecule has 1 unspecified atom stereocenters. The third-order valence-electron chi connectivity index (χ3n) is 5.82. The fourth-order valence-corrected chi connectivity index (χ4v) is 4.20. The molecule has 184 valence electrons. The van der Waals surface area contributed by atoms with E-state index >= 15 is 0 Å². The third kappa shape index (κ3) is 5.96. The first kappa shape index (κ1) is 25.3. The molecule has 0 aliphatic carbocycles. The number of nitrogens with zero attached hydrogens (tertiary/aromatic N) is 3. The van der Waals surface area contributed by atoms with Gasteiger partial charge in [0.2, 0.25) is 0 Å². The van der Waals surface area contributed by atoms with Crippen LogP contribution in [0.15, 0.2) is 54.3 Å². The van der Waals surface area contributed by atoms with Crippen molar-refractivity contribution >= 4 is 18.0 Å². The first-order valence-corrected chi connectivity index (χ1v) is 11.8. The number of ether oxygens (including phenoxy) is 1. The summed E-state index contributed by atoms with van der Waals surface area (Å²) in [6.07, 6.45) is 1.64. The van der Waals surface area contributed by atoms with Crippen molar-refractivity contribution < 1.29 is 19.1 Å². The lowest BCUT2D eigenvalue weighted by molar-refractivity contribution is -0.139. The van der Waals surface area contributed by atoms with E-state index in [2.05, 4.69) is 22.1 Å². The van der Waals surface area contributed by atoms with Gasteiger partial charge >= 0.3 is 18.0 Å². The number of hydrogen-bond donors (Lipinski definition) is 2. The molecule has 2 heterocycles. The summed E-state index contributed by atoms with van der Waals surface area (Å²) in [6, 6.07) is 8.52. The molecule has 2 aliphatic heterocycles. The van der Waals surface area contributed by atoms with Crippen LogP contribution in [0, 0.1) is 0 Å². The number of piperazine rings is 1. The van der Waals surface area contributed by atoms with Gasteiger partial charge in [-0.1, -0.05) is 36.4 Å². The SMILES string of the molecule is C=CCN1C(=O)NC(c2ccccc2)C(C(=O)OCC)=C1CN1CCN(C(=O)NC(C)C)CC1. The molecule has 0 spiro atoms. The van der Waals surface area contributed by atoms with Crippen LogP contribution in [0.1, 0.15) is 32.4 Å². The number of rotatable bonds is 8. The second-order valence-corrected chi connectivity index (χ2v) is 8.64. The normalized spacial score (nSPS) is 19.2. The lowest BCUT2D eigenvalue weighted by Crippen LogP contribution is -2.55. The first-order valence-electron chi connectivity index (χ1n) is 11.8. The average molecular weight is 470 g/mol. The number of esters is 1. The maximum absolute atomic E-state index is 13.2. The molecule has 9 heteroatoms. The third-order valence-corrected chi connectivity index (χ3v) is 5.82. The molecule has 1 aromatic carbocycles. The van der Waals surface area contributed by atoms with Gasteiger partial charge in [-0.25, -0.2) is 14.4 Å². The van der Waals surface area contributed by atoms with Crippen molar-refractivity contribution in [1.29, 1.82) is 0 Å². The number of hydrogen-bond acceptors (Lipinski definition) is 5. The van der Waals surface area contributed by atoms with Crippen molar-refractivity contribution in [3.05, 3.63) is 59.8 Å². The average Bonchev–Trinajstić information content (AvgIpc) is 2.81. The quantitative estimate of drug-likeness (QED) is 0.451.